The van der Waals surface area contributed by atoms with Crippen molar-refractivity contribution in [1.29, 1.82) is 0 Å². The first kappa shape index (κ1) is 12.6. The highest BCUT2D eigenvalue weighted by molar-refractivity contribution is 8.00. The molecule has 94 valence electrons. The van der Waals surface area contributed by atoms with Crippen LogP contribution in [0.25, 0.3) is 0 Å². The fraction of sp³-hybridized carbons (Fsp3) is 0.250. The molecule has 0 saturated heterocycles. The van der Waals surface area contributed by atoms with E-state index in [2.05, 4.69) is 15.2 Å². The van der Waals surface area contributed by atoms with Gasteiger partial charge in [-0.1, -0.05) is 0 Å². The second-order valence-electron chi connectivity index (χ2n) is 3.83. The number of pyridine rings is 1. The number of hydrogen-bond acceptors (Lipinski definition) is 4. The van der Waals surface area contributed by atoms with Crippen LogP contribution in [0.3, 0.4) is 0 Å². The molecule has 0 spiro atoms. The lowest BCUT2D eigenvalue weighted by Crippen LogP contribution is -2.27. The summed E-state index contributed by atoms with van der Waals surface area (Å²) in [6, 6.07) is 3.79. The van der Waals surface area contributed by atoms with Gasteiger partial charge in [0.15, 0.2) is 0 Å². The Kier molecular flexibility index (Phi) is 4.35. The average Bonchev–Trinajstić information content (AvgIpc) is 2.90. The zero-order valence-electron chi connectivity index (χ0n) is 10.0. The first-order chi connectivity index (χ1) is 8.75. The van der Waals surface area contributed by atoms with Crippen LogP contribution in [0.4, 0.5) is 0 Å². The van der Waals surface area contributed by atoms with Gasteiger partial charge in [-0.2, -0.15) is 5.10 Å². The van der Waals surface area contributed by atoms with Gasteiger partial charge in [0.25, 0.3) is 0 Å². The Morgan fingerprint density at radius 3 is 2.89 bits per heavy atom. The van der Waals surface area contributed by atoms with Crippen molar-refractivity contribution < 1.29 is 4.79 Å². The number of rotatable bonds is 5. The van der Waals surface area contributed by atoms with Gasteiger partial charge in [0.1, 0.15) is 0 Å². The van der Waals surface area contributed by atoms with Crippen LogP contribution < -0.4 is 0 Å². The predicted molar refractivity (Wildman–Crippen MR) is 70.0 cm³/mol. The summed E-state index contributed by atoms with van der Waals surface area (Å²) in [6.45, 7) is 0.576. The molecule has 0 aromatic carbocycles. The molecule has 0 saturated carbocycles. The van der Waals surface area contributed by atoms with E-state index in [-0.39, 0.29) is 5.91 Å². The Morgan fingerprint density at radius 2 is 2.22 bits per heavy atom. The Morgan fingerprint density at radius 1 is 1.44 bits per heavy atom. The van der Waals surface area contributed by atoms with E-state index in [0.717, 1.165) is 10.5 Å². The van der Waals surface area contributed by atoms with Gasteiger partial charge in [0.05, 0.1) is 11.9 Å². The number of carbonyl (C=O) groups excluding carboxylic acids is 1. The second-order valence-corrected chi connectivity index (χ2v) is 4.88. The van der Waals surface area contributed by atoms with E-state index < -0.39 is 0 Å². The summed E-state index contributed by atoms with van der Waals surface area (Å²) < 4.78 is 0. The van der Waals surface area contributed by atoms with Crippen molar-refractivity contribution in [2.75, 3.05) is 12.8 Å². The Labute approximate surface area is 110 Å². The minimum Gasteiger partial charge on any atom is -0.341 e. The maximum atomic E-state index is 11.9. The lowest BCUT2D eigenvalue weighted by Gasteiger charge is -2.15. The highest BCUT2D eigenvalue weighted by Crippen LogP contribution is 2.16. The fourth-order valence-corrected chi connectivity index (χ4v) is 2.24. The van der Waals surface area contributed by atoms with Crippen LogP contribution in [-0.4, -0.2) is 38.8 Å². The SMILES string of the molecule is CN(Cc1cn[nH]c1)C(=O)CSc1ccncc1. The minimum absolute atomic E-state index is 0.0954. The Hall–Kier alpha value is -1.82. The van der Waals surface area contributed by atoms with E-state index in [1.807, 2.05) is 12.1 Å². The van der Waals surface area contributed by atoms with E-state index >= 15 is 0 Å². The summed E-state index contributed by atoms with van der Waals surface area (Å²) >= 11 is 1.51. The molecule has 2 aromatic rings. The van der Waals surface area contributed by atoms with Gasteiger partial charge >= 0.3 is 0 Å². The molecule has 0 aliphatic rings. The number of H-pyrrole nitrogens is 1. The molecule has 0 bridgehead atoms. The maximum Gasteiger partial charge on any atom is 0.232 e. The smallest absolute Gasteiger partial charge is 0.232 e. The molecule has 0 unspecified atom stereocenters. The largest absolute Gasteiger partial charge is 0.341 e. The molecule has 0 atom stereocenters. The van der Waals surface area contributed by atoms with Gasteiger partial charge in [-0.25, -0.2) is 0 Å². The zero-order chi connectivity index (χ0) is 12.8. The van der Waals surface area contributed by atoms with E-state index in [4.69, 9.17) is 0 Å². The van der Waals surface area contributed by atoms with Crippen LogP contribution in [-0.2, 0) is 11.3 Å². The molecular weight excluding hydrogens is 248 g/mol. The van der Waals surface area contributed by atoms with Crippen molar-refractivity contribution in [3.63, 3.8) is 0 Å². The van der Waals surface area contributed by atoms with Crippen LogP contribution in [0, 0.1) is 0 Å². The molecule has 2 rings (SSSR count). The topological polar surface area (TPSA) is 61.9 Å². The van der Waals surface area contributed by atoms with Gasteiger partial charge in [0, 0.05) is 42.6 Å². The lowest BCUT2D eigenvalue weighted by molar-refractivity contribution is -0.127. The highest BCUT2D eigenvalue weighted by atomic mass is 32.2. The number of nitrogens with one attached hydrogen (secondary N) is 1. The van der Waals surface area contributed by atoms with Crippen molar-refractivity contribution >= 4 is 17.7 Å². The standard InChI is InChI=1S/C12H14N4OS/c1-16(8-10-6-14-15-7-10)12(17)9-18-11-2-4-13-5-3-11/h2-7H,8-9H2,1H3,(H,14,15). The van der Waals surface area contributed by atoms with Gasteiger partial charge in [-0.05, 0) is 12.1 Å². The van der Waals surface area contributed by atoms with Crippen LogP contribution in [0.2, 0.25) is 0 Å². The zero-order valence-corrected chi connectivity index (χ0v) is 10.9. The van der Waals surface area contributed by atoms with Crippen LogP contribution >= 0.6 is 11.8 Å². The van der Waals surface area contributed by atoms with E-state index in [9.17, 15) is 4.79 Å². The maximum absolute atomic E-state index is 11.9. The first-order valence-electron chi connectivity index (χ1n) is 5.50. The molecule has 6 heteroatoms. The third-order valence-electron chi connectivity index (χ3n) is 2.41. The number of amides is 1. The molecule has 0 radical (unpaired) electrons. The number of aromatic nitrogens is 3. The number of thioether (sulfide) groups is 1. The molecular formula is C12H14N4OS. The molecule has 0 aliphatic heterocycles. The number of carbonyl (C=O) groups is 1. The second kappa shape index (κ2) is 6.20. The Bertz CT molecular complexity index is 486. The number of hydrogen-bond donors (Lipinski definition) is 1. The van der Waals surface area contributed by atoms with Gasteiger partial charge < -0.3 is 4.90 Å². The van der Waals surface area contributed by atoms with Crippen molar-refractivity contribution in [2.45, 2.75) is 11.4 Å². The molecule has 5 nitrogen and oxygen atoms in total. The molecule has 1 amide bonds. The fourth-order valence-electron chi connectivity index (χ4n) is 1.42. The summed E-state index contributed by atoms with van der Waals surface area (Å²) in [4.78, 5) is 18.6. The third-order valence-corrected chi connectivity index (χ3v) is 3.41. The minimum atomic E-state index is 0.0954. The molecule has 0 fully saturated rings. The molecule has 0 aliphatic carbocycles. The van der Waals surface area contributed by atoms with Gasteiger partial charge in [0.2, 0.25) is 5.91 Å². The normalized spacial score (nSPS) is 10.3. The van der Waals surface area contributed by atoms with Gasteiger partial charge in [-0.15, -0.1) is 11.8 Å². The lowest BCUT2D eigenvalue weighted by atomic mass is 10.3. The van der Waals surface area contributed by atoms with E-state index in [1.165, 1.54) is 11.8 Å². The Balaban J connectivity index is 1.81. The van der Waals surface area contributed by atoms with Crippen molar-refractivity contribution in [3.05, 3.63) is 42.5 Å². The van der Waals surface area contributed by atoms with Crippen molar-refractivity contribution in [2.24, 2.45) is 0 Å². The molecule has 1 N–H and O–H groups in total. The van der Waals surface area contributed by atoms with Crippen molar-refractivity contribution in [3.8, 4) is 0 Å². The first-order valence-corrected chi connectivity index (χ1v) is 6.48. The van der Waals surface area contributed by atoms with Crippen molar-refractivity contribution in [1.82, 2.24) is 20.1 Å². The molecule has 2 heterocycles. The number of aromatic amines is 1. The monoisotopic (exact) mass is 262 g/mol. The molecule has 18 heavy (non-hydrogen) atoms. The number of nitrogens with zero attached hydrogens (tertiary/aromatic N) is 3. The van der Waals surface area contributed by atoms with Crippen LogP contribution in [0.15, 0.2) is 41.8 Å². The summed E-state index contributed by atoms with van der Waals surface area (Å²) in [5.74, 6) is 0.524. The summed E-state index contributed by atoms with van der Waals surface area (Å²) in [5.41, 5.74) is 1.000. The van der Waals surface area contributed by atoms with Crippen LogP contribution in [0.1, 0.15) is 5.56 Å². The van der Waals surface area contributed by atoms with E-state index in [1.54, 1.807) is 36.7 Å². The van der Waals surface area contributed by atoms with Crippen LogP contribution in [0.5, 0.6) is 0 Å². The molecule has 2 aromatic heterocycles. The highest BCUT2D eigenvalue weighted by Gasteiger charge is 2.10. The quantitative estimate of drug-likeness (QED) is 0.831. The third kappa shape index (κ3) is 3.59. The summed E-state index contributed by atoms with van der Waals surface area (Å²) in [6.07, 6.45) is 6.96. The predicted octanol–water partition coefficient (Wildman–Crippen LogP) is 1.56. The van der Waals surface area contributed by atoms with Gasteiger partial charge in [-0.3, -0.25) is 14.9 Å². The van der Waals surface area contributed by atoms with E-state index in [0.29, 0.717) is 12.3 Å². The summed E-state index contributed by atoms with van der Waals surface area (Å²) in [5, 5.41) is 6.58. The summed E-state index contributed by atoms with van der Waals surface area (Å²) in [7, 11) is 1.79. The average molecular weight is 262 g/mol.